The molecule has 0 bridgehead atoms. The maximum absolute atomic E-state index is 11.1. The highest BCUT2D eigenvalue weighted by Gasteiger charge is 2.01. The van der Waals surface area contributed by atoms with Gasteiger partial charge in [0.15, 0.2) is 0 Å². The van der Waals surface area contributed by atoms with Crippen molar-refractivity contribution in [1.82, 2.24) is 5.32 Å². The van der Waals surface area contributed by atoms with E-state index in [1.165, 1.54) is 6.08 Å². The molecule has 0 saturated carbocycles. The highest BCUT2D eigenvalue weighted by atomic mass is 16.4. The van der Waals surface area contributed by atoms with Crippen molar-refractivity contribution in [1.29, 1.82) is 0 Å². The average molecular weight is 212 g/mol. The van der Waals surface area contributed by atoms with Crippen LogP contribution in [0.1, 0.15) is 33.1 Å². The summed E-state index contributed by atoms with van der Waals surface area (Å²) in [7, 11) is 0. The van der Waals surface area contributed by atoms with E-state index in [0.29, 0.717) is 12.2 Å². The van der Waals surface area contributed by atoms with Crippen molar-refractivity contribution < 1.29 is 14.7 Å². The minimum atomic E-state index is -0.954. The lowest BCUT2D eigenvalue weighted by Crippen LogP contribution is -2.20. The summed E-state index contributed by atoms with van der Waals surface area (Å²) in [6, 6.07) is 0. The molecule has 1 amide bonds. The van der Waals surface area contributed by atoms with Crippen LogP contribution in [-0.2, 0) is 9.59 Å². The van der Waals surface area contributed by atoms with Crippen molar-refractivity contribution >= 4 is 18.1 Å². The molecule has 0 radical (unpaired) electrons. The number of amides is 1. The van der Waals surface area contributed by atoms with Crippen LogP contribution in [0.5, 0.6) is 0 Å². The molecule has 0 aliphatic heterocycles. The second kappa shape index (κ2) is 7.73. The van der Waals surface area contributed by atoms with Gasteiger partial charge < -0.3 is 10.4 Å². The van der Waals surface area contributed by atoms with Crippen LogP contribution in [0.4, 0.5) is 0 Å². The van der Waals surface area contributed by atoms with E-state index in [0.717, 1.165) is 6.42 Å². The zero-order valence-electron chi connectivity index (χ0n) is 8.99. The molecule has 0 aromatic rings. The van der Waals surface area contributed by atoms with Crippen molar-refractivity contribution in [3.05, 3.63) is 11.9 Å². The summed E-state index contributed by atoms with van der Waals surface area (Å²) in [5.74, 6) is -0.837. The summed E-state index contributed by atoms with van der Waals surface area (Å²) in [6.45, 7) is 3.62. The van der Waals surface area contributed by atoms with Crippen LogP contribution in [-0.4, -0.2) is 23.2 Å². The number of carbonyl (C=O) groups is 2. The van der Waals surface area contributed by atoms with Gasteiger partial charge in [-0.25, -0.2) is 4.99 Å². The van der Waals surface area contributed by atoms with Crippen LogP contribution in [0, 0.1) is 0 Å². The van der Waals surface area contributed by atoms with E-state index in [4.69, 9.17) is 5.11 Å². The Balaban J connectivity index is 4.42. The van der Waals surface area contributed by atoms with Gasteiger partial charge in [0.1, 0.15) is 5.82 Å². The average Bonchev–Trinajstić information content (AvgIpc) is 2.21. The largest absolute Gasteiger partial charge is 0.481 e. The summed E-state index contributed by atoms with van der Waals surface area (Å²) in [4.78, 5) is 25.3. The fraction of sp³-hybridized carbons (Fsp3) is 0.500. The highest BCUT2D eigenvalue weighted by molar-refractivity contribution is 5.78. The van der Waals surface area contributed by atoms with Crippen molar-refractivity contribution in [3.63, 3.8) is 0 Å². The van der Waals surface area contributed by atoms with E-state index in [1.807, 2.05) is 6.92 Å². The van der Waals surface area contributed by atoms with E-state index in [-0.39, 0.29) is 12.3 Å². The Morgan fingerprint density at radius 2 is 2.07 bits per heavy atom. The predicted molar refractivity (Wildman–Crippen MR) is 57.6 cm³/mol. The van der Waals surface area contributed by atoms with Crippen LogP contribution in [0.3, 0.4) is 0 Å². The monoisotopic (exact) mass is 212 g/mol. The van der Waals surface area contributed by atoms with Gasteiger partial charge in [0.25, 0.3) is 0 Å². The fourth-order valence-corrected chi connectivity index (χ4v) is 0.741. The maximum Gasteiger partial charge on any atom is 0.307 e. The third-order valence-corrected chi connectivity index (χ3v) is 1.47. The molecule has 0 rings (SSSR count). The molecule has 0 aliphatic carbocycles. The van der Waals surface area contributed by atoms with Gasteiger partial charge in [0.05, 0.1) is 6.42 Å². The van der Waals surface area contributed by atoms with Crippen molar-refractivity contribution in [2.24, 2.45) is 4.99 Å². The number of rotatable bonds is 6. The van der Waals surface area contributed by atoms with Crippen molar-refractivity contribution in [2.45, 2.75) is 33.1 Å². The van der Waals surface area contributed by atoms with E-state index < -0.39 is 5.97 Å². The van der Waals surface area contributed by atoms with Crippen LogP contribution in [0.2, 0.25) is 0 Å². The van der Waals surface area contributed by atoms with E-state index in [2.05, 4.69) is 10.3 Å². The quantitative estimate of drug-likeness (QED) is 0.651. The van der Waals surface area contributed by atoms with Crippen LogP contribution < -0.4 is 5.32 Å². The summed E-state index contributed by atoms with van der Waals surface area (Å²) >= 11 is 0. The minimum Gasteiger partial charge on any atom is -0.481 e. The summed E-state index contributed by atoms with van der Waals surface area (Å²) in [6.07, 6.45) is 3.91. The summed E-state index contributed by atoms with van der Waals surface area (Å²) in [5, 5.41) is 11.0. The molecule has 0 aromatic heterocycles. The number of carbonyl (C=O) groups excluding carboxylic acids is 1. The molecule has 0 aromatic carbocycles. The third kappa shape index (κ3) is 7.42. The number of aliphatic imine (C=N–C) groups is 1. The van der Waals surface area contributed by atoms with E-state index in [1.54, 1.807) is 13.1 Å². The Labute approximate surface area is 88.9 Å². The smallest absolute Gasteiger partial charge is 0.307 e. The van der Waals surface area contributed by atoms with Gasteiger partial charge in [-0.05, 0) is 12.5 Å². The molecule has 0 saturated heterocycles. The number of aliphatic carboxylic acids is 1. The molecule has 0 spiro atoms. The maximum atomic E-state index is 11.1. The first-order valence-corrected chi connectivity index (χ1v) is 4.84. The number of carboxylic acids is 1. The van der Waals surface area contributed by atoms with Crippen LogP contribution in [0.15, 0.2) is 16.9 Å². The van der Waals surface area contributed by atoms with E-state index >= 15 is 0 Å². The Bertz CT molecular complexity index is 282. The normalized spacial score (nSPS) is 11.7. The molecule has 84 valence electrons. The van der Waals surface area contributed by atoms with Crippen molar-refractivity contribution in [3.8, 4) is 0 Å². The second-order valence-electron chi connectivity index (χ2n) is 2.81. The first-order valence-electron chi connectivity index (χ1n) is 4.84. The van der Waals surface area contributed by atoms with Crippen molar-refractivity contribution in [2.75, 3.05) is 0 Å². The molecular weight excluding hydrogens is 196 g/mol. The van der Waals surface area contributed by atoms with Gasteiger partial charge in [-0.2, -0.15) is 0 Å². The third-order valence-electron chi connectivity index (χ3n) is 1.47. The fourth-order valence-electron chi connectivity index (χ4n) is 0.741. The number of nitrogens with zero attached hydrogens (tertiary/aromatic N) is 1. The SMILES string of the molecule is CC/C=N\C(=C/CC(=O)O)NC(=O)CC. The van der Waals surface area contributed by atoms with Crippen LogP contribution in [0.25, 0.3) is 0 Å². The predicted octanol–water partition coefficient (Wildman–Crippen LogP) is 1.31. The summed E-state index contributed by atoms with van der Waals surface area (Å²) < 4.78 is 0. The summed E-state index contributed by atoms with van der Waals surface area (Å²) in [5.41, 5.74) is 0. The van der Waals surface area contributed by atoms with Gasteiger partial charge in [0, 0.05) is 12.6 Å². The number of hydrogen-bond acceptors (Lipinski definition) is 3. The first-order chi connectivity index (χ1) is 7.10. The lowest BCUT2D eigenvalue weighted by molar-refractivity contribution is -0.136. The zero-order valence-corrected chi connectivity index (χ0v) is 8.99. The number of hydrogen-bond donors (Lipinski definition) is 2. The second-order valence-corrected chi connectivity index (χ2v) is 2.81. The van der Waals surface area contributed by atoms with Gasteiger partial charge >= 0.3 is 5.97 Å². The molecular formula is C10H16N2O3. The molecule has 0 fully saturated rings. The standard InChI is InChI=1S/C10H16N2O3/c1-3-7-11-8(5-6-10(14)15)12-9(13)4-2/h5,7H,3-4,6H2,1-2H3,(H,12,13)(H,14,15)/b8-5+,11-7-. The molecule has 5 nitrogen and oxygen atoms in total. The van der Waals surface area contributed by atoms with E-state index in [9.17, 15) is 9.59 Å². The van der Waals surface area contributed by atoms with Gasteiger partial charge in [-0.15, -0.1) is 0 Å². The topological polar surface area (TPSA) is 78.8 Å². The molecule has 0 unspecified atom stereocenters. The lowest BCUT2D eigenvalue weighted by Gasteiger charge is -2.02. The molecule has 5 heteroatoms. The number of nitrogens with one attached hydrogen (secondary N) is 1. The Hall–Kier alpha value is -1.65. The molecule has 0 aliphatic rings. The number of carboxylic acid groups (broad SMARTS) is 1. The highest BCUT2D eigenvalue weighted by Crippen LogP contribution is 1.96. The molecule has 2 N–H and O–H groups in total. The minimum absolute atomic E-state index is 0.152. The van der Waals surface area contributed by atoms with Crippen LogP contribution >= 0.6 is 0 Å². The zero-order chi connectivity index (χ0) is 11.7. The van der Waals surface area contributed by atoms with Gasteiger partial charge in [-0.1, -0.05) is 13.8 Å². The molecule has 15 heavy (non-hydrogen) atoms. The molecule has 0 atom stereocenters. The van der Waals surface area contributed by atoms with Gasteiger partial charge in [-0.3, -0.25) is 9.59 Å². The Morgan fingerprint density at radius 1 is 1.40 bits per heavy atom. The molecule has 0 heterocycles. The Kier molecular flexibility index (Phi) is 6.88. The lowest BCUT2D eigenvalue weighted by atomic mass is 10.4. The first kappa shape index (κ1) is 13.4. The van der Waals surface area contributed by atoms with Gasteiger partial charge in [0.2, 0.25) is 5.91 Å². The Morgan fingerprint density at radius 3 is 2.53 bits per heavy atom.